The van der Waals surface area contributed by atoms with Gasteiger partial charge in [-0.25, -0.2) is 4.98 Å². The smallest absolute Gasteiger partial charge is 0.387 e. The first-order valence-electron chi connectivity index (χ1n) is 18.8. The number of rotatable bonds is 13. The first kappa shape index (κ1) is 35.2. The molecule has 10 heteroatoms. The number of alkyl halides is 2. The summed E-state index contributed by atoms with van der Waals surface area (Å²) in [5.74, 6) is 1.04. The predicted molar refractivity (Wildman–Crippen MR) is 200 cm³/mol. The average Bonchev–Trinajstić information content (AvgIpc) is 3.44. The fourth-order valence-corrected chi connectivity index (χ4v) is 8.02. The third-order valence-electron chi connectivity index (χ3n) is 11.1. The minimum absolute atomic E-state index is 0.0469. The third kappa shape index (κ3) is 7.53. The molecular weight excluding hydrogens is 676 g/mol. The second kappa shape index (κ2) is 14.9. The van der Waals surface area contributed by atoms with Crippen LogP contribution >= 0.6 is 0 Å². The molecule has 4 aromatic carbocycles. The van der Waals surface area contributed by atoms with Gasteiger partial charge in [0.1, 0.15) is 23.1 Å². The number of halogens is 2. The number of oxazole rings is 1. The van der Waals surface area contributed by atoms with Crippen LogP contribution in [0.2, 0.25) is 0 Å². The van der Waals surface area contributed by atoms with Crippen molar-refractivity contribution in [3.63, 3.8) is 0 Å². The maximum atomic E-state index is 13.5. The Bertz CT molecular complexity index is 2140. The highest BCUT2D eigenvalue weighted by Crippen LogP contribution is 2.40. The van der Waals surface area contributed by atoms with Crippen molar-refractivity contribution < 1.29 is 32.6 Å². The van der Waals surface area contributed by atoms with Gasteiger partial charge in [0.25, 0.3) is 0 Å². The Balaban J connectivity index is 1.11. The van der Waals surface area contributed by atoms with E-state index in [9.17, 15) is 18.7 Å². The van der Waals surface area contributed by atoms with Gasteiger partial charge < -0.3 is 19.0 Å². The lowest BCUT2D eigenvalue weighted by atomic mass is 9.89. The summed E-state index contributed by atoms with van der Waals surface area (Å²) >= 11 is 0. The van der Waals surface area contributed by atoms with Crippen molar-refractivity contribution in [3.8, 4) is 45.2 Å². The molecule has 1 saturated carbocycles. The number of carboxylic acids is 1. The van der Waals surface area contributed by atoms with Gasteiger partial charge in [-0.05, 0) is 130 Å². The van der Waals surface area contributed by atoms with E-state index < -0.39 is 18.6 Å². The molecule has 276 valence electrons. The summed E-state index contributed by atoms with van der Waals surface area (Å²) in [6, 6.07) is 21.5. The largest absolute Gasteiger partial charge is 0.493 e. The number of nitrogens with zero attached hydrogens (tertiary/aromatic N) is 3. The van der Waals surface area contributed by atoms with Crippen molar-refractivity contribution in [1.82, 2.24) is 14.8 Å². The molecule has 2 saturated heterocycles. The van der Waals surface area contributed by atoms with Gasteiger partial charge in [-0.15, -0.1) is 0 Å². The lowest BCUT2D eigenvalue weighted by molar-refractivity contribution is -0.142. The van der Waals surface area contributed by atoms with Gasteiger partial charge in [0.2, 0.25) is 5.89 Å². The van der Waals surface area contributed by atoms with E-state index in [0.29, 0.717) is 41.4 Å². The van der Waals surface area contributed by atoms with Gasteiger partial charge in [-0.2, -0.15) is 8.78 Å². The molecule has 3 heterocycles. The van der Waals surface area contributed by atoms with Crippen LogP contribution < -0.4 is 9.47 Å². The zero-order valence-electron chi connectivity index (χ0n) is 30.2. The monoisotopic (exact) mass is 721 g/mol. The Kier molecular flexibility index (Phi) is 9.91. The van der Waals surface area contributed by atoms with Crippen LogP contribution in [0.1, 0.15) is 60.8 Å². The van der Waals surface area contributed by atoms with Crippen LogP contribution in [-0.2, 0) is 17.9 Å². The molecule has 1 atom stereocenters. The summed E-state index contributed by atoms with van der Waals surface area (Å²) in [5.41, 5.74) is 9.77. The Morgan fingerprint density at radius 2 is 1.57 bits per heavy atom. The molecule has 5 aromatic rings. The number of benzene rings is 4. The molecule has 2 aliphatic heterocycles. The quantitative estimate of drug-likeness (QED) is 0.129. The summed E-state index contributed by atoms with van der Waals surface area (Å²) in [7, 11) is 0. The van der Waals surface area contributed by atoms with Crippen LogP contribution in [-0.4, -0.2) is 64.8 Å². The Morgan fingerprint density at radius 3 is 2.28 bits per heavy atom. The number of aromatic nitrogens is 1. The Labute approximate surface area is 308 Å². The molecule has 3 fully saturated rings. The Hall–Kier alpha value is -4.80. The maximum Gasteiger partial charge on any atom is 0.387 e. The van der Waals surface area contributed by atoms with Crippen molar-refractivity contribution in [2.24, 2.45) is 5.92 Å². The van der Waals surface area contributed by atoms with Crippen molar-refractivity contribution in [2.45, 2.75) is 78.1 Å². The number of carbonyl (C=O) groups is 1. The summed E-state index contributed by atoms with van der Waals surface area (Å²) in [5, 5.41) is 9.67. The summed E-state index contributed by atoms with van der Waals surface area (Å²) < 4.78 is 44.6. The SMILES string of the molecule is Cc1c(-c2ccc(CN3CCCC3)c(OCC3CC3)c2)cccc1-c1cccc(-c2nc3cc(CN4CCCC4C(=O)O)c(OC(F)F)cc3o2)c1C. The van der Waals surface area contributed by atoms with Crippen LogP contribution in [0.25, 0.3) is 44.8 Å². The third-order valence-corrected chi connectivity index (χ3v) is 11.1. The Morgan fingerprint density at radius 1 is 0.849 bits per heavy atom. The van der Waals surface area contributed by atoms with Gasteiger partial charge in [0.15, 0.2) is 5.58 Å². The predicted octanol–water partition coefficient (Wildman–Crippen LogP) is 9.48. The van der Waals surface area contributed by atoms with E-state index in [1.807, 2.05) is 19.1 Å². The number of likely N-dealkylation sites (tertiary alicyclic amines) is 2. The van der Waals surface area contributed by atoms with Gasteiger partial charge in [0.05, 0.1) is 6.61 Å². The molecule has 1 unspecified atom stereocenters. The zero-order valence-corrected chi connectivity index (χ0v) is 30.2. The summed E-state index contributed by atoms with van der Waals surface area (Å²) in [6.45, 7) is 5.80. The fraction of sp³-hybridized carbons (Fsp3) is 0.395. The molecule has 8 rings (SSSR count). The molecule has 0 bridgehead atoms. The topological polar surface area (TPSA) is 88.3 Å². The van der Waals surface area contributed by atoms with Gasteiger partial charge in [-0.3, -0.25) is 14.6 Å². The summed E-state index contributed by atoms with van der Waals surface area (Å²) in [6.07, 6.45) is 6.22. The van der Waals surface area contributed by atoms with Crippen LogP contribution in [0.4, 0.5) is 8.78 Å². The molecule has 53 heavy (non-hydrogen) atoms. The molecular formula is C43H45F2N3O5. The molecule has 0 spiro atoms. The standard InChI is InChI=1S/C43H45F2N3O5/c1-26-32(29-15-16-30(23-47-17-3-4-18-47)38(21-29)51-25-28-13-14-28)8-5-9-33(26)34-10-6-11-35(27(34)2)41-46-36-20-31(24-48-19-7-12-37(48)42(49)50)39(53-43(44)45)22-40(36)52-41/h5-6,8-11,15-16,20-22,28,37,43H,3-4,7,12-14,17-19,23-25H2,1-2H3,(H,49,50). The second-order valence-corrected chi connectivity index (χ2v) is 14.8. The molecule has 1 aromatic heterocycles. The minimum atomic E-state index is -3.05. The van der Waals surface area contributed by atoms with Crippen LogP contribution in [0.3, 0.4) is 0 Å². The number of hydrogen-bond donors (Lipinski definition) is 1. The highest BCUT2D eigenvalue weighted by molar-refractivity contribution is 5.85. The van der Waals surface area contributed by atoms with Gasteiger partial charge in [0, 0.05) is 35.8 Å². The molecule has 0 amide bonds. The second-order valence-electron chi connectivity index (χ2n) is 14.8. The average molecular weight is 722 g/mol. The molecule has 8 nitrogen and oxygen atoms in total. The van der Waals surface area contributed by atoms with E-state index in [1.54, 1.807) is 11.0 Å². The van der Waals surface area contributed by atoms with E-state index in [4.69, 9.17) is 18.9 Å². The first-order valence-corrected chi connectivity index (χ1v) is 18.8. The van der Waals surface area contributed by atoms with E-state index in [2.05, 4.69) is 54.3 Å². The number of hydrogen-bond acceptors (Lipinski definition) is 7. The first-order chi connectivity index (χ1) is 25.7. The molecule has 1 N–H and O–H groups in total. The van der Waals surface area contributed by atoms with Crippen molar-refractivity contribution >= 4 is 17.1 Å². The van der Waals surface area contributed by atoms with Crippen LogP contribution in [0.15, 0.2) is 71.1 Å². The van der Waals surface area contributed by atoms with Crippen LogP contribution in [0.5, 0.6) is 11.5 Å². The molecule has 1 aliphatic carbocycles. The lowest BCUT2D eigenvalue weighted by Gasteiger charge is -2.22. The highest BCUT2D eigenvalue weighted by Gasteiger charge is 2.32. The lowest BCUT2D eigenvalue weighted by Crippen LogP contribution is -2.35. The fourth-order valence-electron chi connectivity index (χ4n) is 8.02. The van der Waals surface area contributed by atoms with Gasteiger partial charge in [-0.1, -0.05) is 42.5 Å². The number of carboxylic acid groups (broad SMARTS) is 1. The van der Waals surface area contributed by atoms with Crippen molar-refractivity contribution in [2.75, 3.05) is 26.2 Å². The number of fused-ring (bicyclic) bond motifs is 1. The zero-order chi connectivity index (χ0) is 36.6. The van der Waals surface area contributed by atoms with E-state index in [1.165, 1.54) is 37.3 Å². The summed E-state index contributed by atoms with van der Waals surface area (Å²) in [4.78, 5) is 20.9. The van der Waals surface area contributed by atoms with Crippen LogP contribution in [0, 0.1) is 19.8 Å². The molecule has 0 radical (unpaired) electrons. The van der Waals surface area contributed by atoms with Crippen molar-refractivity contribution in [1.29, 1.82) is 0 Å². The maximum absolute atomic E-state index is 13.5. The number of aliphatic carboxylic acids is 1. The normalized spacial score (nSPS) is 18.0. The molecule has 3 aliphatic rings. The number of ether oxygens (including phenoxy) is 2. The van der Waals surface area contributed by atoms with Gasteiger partial charge >= 0.3 is 12.6 Å². The highest BCUT2D eigenvalue weighted by atomic mass is 19.3. The van der Waals surface area contributed by atoms with E-state index in [0.717, 1.165) is 77.4 Å². The minimum Gasteiger partial charge on any atom is -0.493 e. The van der Waals surface area contributed by atoms with E-state index in [-0.39, 0.29) is 12.3 Å². The van der Waals surface area contributed by atoms with Crippen molar-refractivity contribution in [3.05, 3.63) is 89.0 Å². The van der Waals surface area contributed by atoms with E-state index >= 15 is 0 Å².